The minimum absolute atomic E-state index is 0.0668. The Morgan fingerprint density at radius 1 is 1.30 bits per heavy atom. The van der Waals surface area contributed by atoms with Gasteiger partial charge in [0.1, 0.15) is 4.21 Å². The number of carbonyl (C=O) groups is 1. The van der Waals surface area contributed by atoms with Crippen LogP contribution >= 0.6 is 34.7 Å². The smallest absolute Gasteiger partial charge is 0.252 e. The van der Waals surface area contributed by atoms with Crippen LogP contribution in [0.25, 0.3) is 0 Å². The zero-order valence-electron chi connectivity index (χ0n) is 16.0. The van der Waals surface area contributed by atoms with Crippen molar-refractivity contribution in [3.8, 4) is 0 Å². The van der Waals surface area contributed by atoms with Crippen LogP contribution in [0.1, 0.15) is 12.8 Å². The molecule has 10 nitrogen and oxygen atoms in total. The lowest BCUT2D eigenvalue weighted by Crippen LogP contribution is -2.50. The van der Waals surface area contributed by atoms with E-state index in [2.05, 4.69) is 15.5 Å². The van der Waals surface area contributed by atoms with Crippen molar-refractivity contribution in [3.05, 3.63) is 16.5 Å². The van der Waals surface area contributed by atoms with Gasteiger partial charge in [0.15, 0.2) is 0 Å². The molecule has 0 saturated carbocycles. The third kappa shape index (κ3) is 4.97. The number of aromatic nitrogens is 4. The summed E-state index contributed by atoms with van der Waals surface area (Å²) in [6, 6.07) is 3.08. The average molecular weight is 493 g/mol. The Morgan fingerprint density at radius 2 is 2.10 bits per heavy atom. The molecular weight excluding hydrogens is 472 g/mol. The van der Waals surface area contributed by atoms with E-state index in [0.717, 1.165) is 30.8 Å². The molecule has 1 unspecified atom stereocenters. The van der Waals surface area contributed by atoms with Gasteiger partial charge in [0.25, 0.3) is 10.0 Å². The molecule has 2 aliphatic rings. The second-order valence-corrected chi connectivity index (χ2v) is 11.7. The maximum atomic E-state index is 12.7. The molecule has 1 amide bonds. The van der Waals surface area contributed by atoms with E-state index in [4.69, 9.17) is 16.3 Å². The van der Waals surface area contributed by atoms with E-state index in [-0.39, 0.29) is 35.1 Å². The number of nitrogens with zero attached hydrogens (tertiary/aromatic N) is 6. The Morgan fingerprint density at radius 3 is 2.77 bits per heavy atom. The minimum Gasteiger partial charge on any atom is -0.376 e. The number of piperazine rings is 1. The number of tetrazole rings is 1. The van der Waals surface area contributed by atoms with E-state index in [1.807, 2.05) is 0 Å². The van der Waals surface area contributed by atoms with E-state index < -0.39 is 10.0 Å². The van der Waals surface area contributed by atoms with Crippen LogP contribution < -0.4 is 0 Å². The van der Waals surface area contributed by atoms with Crippen LogP contribution in [0.4, 0.5) is 0 Å². The van der Waals surface area contributed by atoms with Crippen LogP contribution in [-0.4, -0.2) is 88.4 Å². The number of thioether (sulfide) groups is 1. The number of halogens is 1. The molecule has 2 aromatic heterocycles. The first kappa shape index (κ1) is 22.0. The fraction of sp³-hybridized carbons (Fsp3) is 0.625. The van der Waals surface area contributed by atoms with E-state index in [1.54, 1.807) is 15.6 Å². The zero-order valence-corrected chi connectivity index (χ0v) is 19.2. The number of sulfonamides is 1. The maximum Gasteiger partial charge on any atom is 0.252 e. The first-order valence-corrected chi connectivity index (χ1v) is 13.1. The van der Waals surface area contributed by atoms with Crippen molar-refractivity contribution in [2.75, 3.05) is 38.5 Å². The Bertz CT molecular complexity index is 983. The zero-order chi connectivity index (χ0) is 21.1. The maximum absolute atomic E-state index is 12.7. The van der Waals surface area contributed by atoms with Gasteiger partial charge < -0.3 is 9.64 Å². The van der Waals surface area contributed by atoms with Gasteiger partial charge in [-0.3, -0.25) is 4.79 Å². The molecule has 2 aliphatic heterocycles. The van der Waals surface area contributed by atoms with Crippen LogP contribution in [0, 0.1) is 0 Å². The Labute approximate surface area is 187 Å². The number of ether oxygens (including phenoxy) is 1. The van der Waals surface area contributed by atoms with Crippen molar-refractivity contribution in [2.45, 2.75) is 34.9 Å². The molecule has 2 aromatic rings. The molecule has 0 aliphatic carbocycles. The van der Waals surface area contributed by atoms with Gasteiger partial charge in [-0.15, -0.1) is 16.4 Å². The normalized spacial score (nSPS) is 20.7. The van der Waals surface area contributed by atoms with Crippen molar-refractivity contribution < 1.29 is 17.9 Å². The fourth-order valence-corrected chi connectivity index (χ4v) is 7.20. The van der Waals surface area contributed by atoms with Gasteiger partial charge in [-0.2, -0.15) is 4.31 Å². The van der Waals surface area contributed by atoms with E-state index in [1.165, 1.54) is 22.1 Å². The SMILES string of the molecule is O=C(CSc1nnnn1CC1CCCO1)N1CCN(S(=O)(=O)c2ccc(Cl)s2)CC1. The van der Waals surface area contributed by atoms with Crippen LogP contribution in [0.5, 0.6) is 0 Å². The lowest BCUT2D eigenvalue weighted by molar-refractivity contribution is -0.129. The molecule has 30 heavy (non-hydrogen) atoms. The summed E-state index contributed by atoms with van der Waals surface area (Å²) in [4.78, 5) is 14.3. The lowest BCUT2D eigenvalue weighted by Gasteiger charge is -2.33. The summed E-state index contributed by atoms with van der Waals surface area (Å²) in [6.45, 7) is 2.54. The van der Waals surface area contributed by atoms with Crippen LogP contribution in [-0.2, 0) is 26.1 Å². The summed E-state index contributed by atoms with van der Waals surface area (Å²) in [5.74, 6) is 0.127. The summed E-state index contributed by atoms with van der Waals surface area (Å²) in [6.07, 6.45) is 2.12. The topological polar surface area (TPSA) is 111 Å². The highest BCUT2D eigenvalue weighted by Gasteiger charge is 2.31. The lowest BCUT2D eigenvalue weighted by atomic mass is 10.2. The van der Waals surface area contributed by atoms with Crippen molar-refractivity contribution in [3.63, 3.8) is 0 Å². The van der Waals surface area contributed by atoms with Gasteiger partial charge in [-0.05, 0) is 35.4 Å². The number of hydrogen-bond acceptors (Lipinski definition) is 9. The number of rotatable bonds is 7. The molecule has 1 atom stereocenters. The molecule has 2 fully saturated rings. The van der Waals surface area contributed by atoms with E-state index in [0.29, 0.717) is 29.1 Å². The average Bonchev–Trinajstić information content (AvgIpc) is 3.49. The van der Waals surface area contributed by atoms with Crippen LogP contribution in [0.3, 0.4) is 0 Å². The highest BCUT2D eigenvalue weighted by atomic mass is 35.5. The van der Waals surface area contributed by atoms with Crippen molar-refractivity contribution in [2.24, 2.45) is 0 Å². The Kier molecular flexibility index (Phi) is 6.95. The molecular formula is C16H21ClN6O4S3. The van der Waals surface area contributed by atoms with Crippen LogP contribution in [0.2, 0.25) is 4.34 Å². The first-order valence-electron chi connectivity index (χ1n) is 9.47. The van der Waals surface area contributed by atoms with Crippen molar-refractivity contribution in [1.82, 2.24) is 29.4 Å². The number of amides is 1. The second kappa shape index (κ2) is 9.49. The van der Waals surface area contributed by atoms with Gasteiger partial charge in [-0.25, -0.2) is 13.1 Å². The van der Waals surface area contributed by atoms with Crippen LogP contribution in [0.15, 0.2) is 21.5 Å². The van der Waals surface area contributed by atoms with E-state index >= 15 is 0 Å². The first-order chi connectivity index (χ1) is 14.4. The third-order valence-corrected chi connectivity index (χ3v) is 9.50. The Balaban J connectivity index is 1.27. The highest BCUT2D eigenvalue weighted by Crippen LogP contribution is 2.28. The van der Waals surface area contributed by atoms with Crippen molar-refractivity contribution in [1.29, 1.82) is 0 Å². The molecule has 0 spiro atoms. The molecule has 0 radical (unpaired) electrons. The largest absolute Gasteiger partial charge is 0.376 e. The van der Waals surface area contributed by atoms with Gasteiger partial charge in [-0.1, -0.05) is 23.4 Å². The van der Waals surface area contributed by atoms with Gasteiger partial charge in [0.05, 0.1) is 22.7 Å². The molecule has 0 aromatic carbocycles. The molecule has 4 heterocycles. The molecule has 2 saturated heterocycles. The summed E-state index contributed by atoms with van der Waals surface area (Å²) in [7, 11) is -3.57. The van der Waals surface area contributed by atoms with Gasteiger partial charge in [0.2, 0.25) is 11.1 Å². The van der Waals surface area contributed by atoms with E-state index in [9.17, 15) is 13.2 Å². The Hall–Kier alpha value is -1.25. The summed E-state index contributed by atoms with van der Waals surface area (Å²) in [5, 5.41) is 12.3. The van der Waals surface area contributed by atoms with Gasteiger partial charge in [0, 0.05) is 32.8 Å². The predicted octanol–water partition coefficient (Wildman–Crippen LogP) is 1.19. The molecule has 4 rings (SSSR count). The van der Waals surface area contributed by atoms with Gasteiger partial charge >= 0.3 is 0 Å². The molecule has 0 bridgehead atoms. The summed E-state index contributed by atoms with van der Waals surface area (Å²) in [5.41, 5.74) is 0. The van der Waals surface area contributed by atoms with Crippen molar-refractivity contribution >= 4 is 50.6 Å². The second-order valence-electron chi connectivity index (χ2n) is 6.91. The molecule has 14 heteroatoms. The standard InChI is InChI=1S/C16H21ClN6O4S3/c17-13-3-4-15(29-13)30(25,26)22-7-5-21(6-8-22)14(24)11-28-16-18-19-20-23(16)10-12-2-1-9-27-12/h3-4,12H,1-2,5-11H2. The number of thiophene rings is 1. The highest BCUT2D eigenvalue weighted by molar-refractivity contribution is 7.99. The summed E-state index contributed by atoms with van der Waals surface area (Å²) < 4.78 is 34.7. The number of hydrogen-bond donors (Lipinski definition) is 0. The number of carbonyl (C=O) groups excluding carboxylic acids is 1. The molecule has 0 N–H and O–H groups in total. The minimum atomic E-state index is -3.57. The summed E-state index contributed by atoms with van der Waals surface area (Å²) >= 11 is 8.18. The monoisotopic (exact) mass is 492 g/mol. The molecule has 164 valence electrons. The third-order valence-electron chi connectivity index (χ3n) is 4.96. The fourth-order valence-electron chi connectivity index (χ4n) is 3.35. The predicted molar refractivity (Wildman–Crippen MR) is 112 cm³/mol. The quantitative estimate of drug-likeness (QED) is 0.530.